The third kappa shape index (κ3) is 5.08. The van der Waals surface area contributed by atoms with Gasteiger partial charge < -0.3 is 4.98 Å². The Balaban J connectivity index is 1.35. The van der Waals surface area contributed by atoms with Crippen LogP contribution in [0.3, 0.4) is 0 Å². The summed E-state index contributed by atoms with van der Waals surface area (Å²) in [4.78, 5) is 21.5. The van der Waals surface area contributed by atoms with E-state index in [-0.39, 0.29) is 11.6 Å². The number of fused-ring (bicyclic) bond motifs is 1. The summed E-state index contributed by atoms with van der Waals surface area (Å²) in [5, 5.41) is 14.2. The lowest BCUT2D eigenvalue weighted by atomic mass is 9.95. The second-order valence-corrected chi connectivity index (χ2v) is 10.6. The molecule has 1 saturated heterocycles. The summed E-state index contributed by atoms with van der Waals surface area (Å²) < 4.78 is 2.03. The number of pyridine rings is 1. The number of rotatable bonds is 6. The second kappa shape index (κ2) is 10.6. The zero-order valence-corrected chi connectivity index (χ0v) is 21.5. The summed E-state index contributed by atoms with van der Waals surface area (Å²) in [7, 11) is 0. The lowest BCUT2D eigenvalue weighted by molar-refractivity contribution is 0.0982. The Morgan fingerprint density at radius 2 is 1.76 bits per heavy atom. The smallest absolute Gasteiger partial charge is 0.253 e. The Hall–Kier alpha value is -3.36. The van der Waals surface area contributed by atoms with E-state index in [4.69, 9.17) is 0 Å². The molecule has 0 radical (unpaired) electrons. The molecule has 3 heterocycles. The maximum absolute atomic E-state index is 13.5. The number of piperazine rings is 1. The predicted octanol–water partition coefficient (Wildman–Crippen LogP) is 4.24. The number of aromatic amines is 1. The Labute approximate surface area is 217 Å². The molecule has 37 heavy (non-hydrogen) atoms. The first-order valence-corrected chi connectivity index (χ1v) is 13.6. The molecule has 6 rings (SSSR count). The van der Waals surface area contributed by atoms with Crippen LogP contribution in [-0.2, 0) is 6.54 Å². The summed E-state index contributed by atoms with van der Waals surface area (Å²) in [5.41, 5.74) is 4.02. The summed E-state index contributed by atoms with van der Waals surface area (Å²) in [6.45, 7) is 6.58. The van der Waals surface area contributed by atoms with Crippen LogP contribution in [0.2, 0.25) is 0 Å². The third-order valence-electron chi connectivity index (χ3n) is 8.03. The first-order chi connectivity index (χ1) is 18.2. The van der Waals surface area contributed by atoms with Gasteiger partial charge in [0.25, 0.3) is 5.56 Å². The topological polar surface area (TPSA) is 82.9 Å². The monoisotopic (exact) mass is 497 g/mol. The molecule has 0 bridgehead atoms. The minimum absolute atomic E-state index is 0.0636. The highest BCUT2D eigenvalue weighted by Gasteiger charge is 2.34. The zero-order valence-electron chi connectivity index (χ0n) is 21.5. The van der Waals surface area contributed by atoms with Gasteiger partial charge in [-0.25, -0.2) is 4.68 Å². The SMILES string of the molecule is Cc1ccc2[nH]c(=O)c([C@@H](c3nnnn3C3CCCCC3)N3CCN(Cc4ccccc4)CC3)cc2c1. The highest BCUT2D eigenvalue weighted by Crippen LogP contribution is 2.33. The zero-order chi connectivity index (χ0) is 25.2. The molecule has 1 aliphatic carbocycles. The van der Waals surface area contributed by atoms with Gasteiger partial charge >= 0.3 is 0 Å². The Kier molecular flexibility index (Phi) is 6.85. The number of hydrogen-bond donors (Lipinski definition) is 1. The van der Waals surface area contributed by atoms with E-state index in [2.05, 4.69) is 79.7 Å². The van der Waals surface area contributed by atoms with Crippen molar-refractivity contribution in [3.63, 3.8) is 0 Å². The summed E-state index contributed by atoms with van der Waals surface area (Å²) in [5.74, 6) is 0.793. The minimum atomic E-state index is -0.288. The van der Waals surface area contributed by atoms with Crippen LogP contribution in [0.5, 0.6) is 0 Å². The first-order valence-electron chi connectivity index (χ1n) is 13.6. The number of hydrogen-bond acceptors (Lipinski definition) is 6. The van der Waals surface area contributed by atoms with Crippen molar-refractivity contribution in [3.05, 3.63) is 87.5 Å². The fraction of sp³-hybridized carbons (Fsp3) is 0.448. The van der Waals surface area contributed by atoms with Gasteiger partial charge in [-0.3, -0.25) is 14.6 Å². The number of tetrazole rings is 1. The molecule has 2 aromatic carbocycles. The van der Waals surface area contributed by atoms with Gasteiger partial charge in [0.05, 0.1) is 6.04 Å². The number of H-pyrrole nitrogens is 1. The van der Waals surface area contributed by atoms with Crippen LogP contribution in [0.25, 0.3) is 10.9 Å². The molecule has 4 aromatic rings. The molecule has 8 heteroatoms. The van der Waals surface area contributed by atoms with Crippen molar-refractivity contribution in [2.45, 2.75) is 57.7 Å². The maximum atomic E-state index is 13.5. The van der Waals surface area contributed by atoms with Gasteiger partial charge in [-0.2, -0.15) is 0 Å². The van der Waals surface area contributed by atoms with E-state index in [1.165, 1.54) is 30.4 Å². The summed E-state index contributed by atoms with van der Waals surface area (Å²) >= 11 is 0. The van der Waals surface area contributed by atoms with Crippen molar-refractivity contribution in [3.8, 4) is 0 Å². The van der Waals surface area contributed by atoms with E-state index in [0.717, 1.165) is 67.9 Å². The number of benzene rings is 2. The van der Waals surface area contributed by atoms with E-state index in [1.54, 1.807) is 0 Å². The average molecular weight is 498 g/mol. The molecule has 8 nitrogen and oxygen atoms in total. The van der Waals surface area contributed by atoms with Crippen LogP contribution >= 0.6 is 0 Å². The van der Waals surface area contributed by atoms with Gasteiger partial charge in [0.15, 0.2) is 5.82 Å². The van der Waals surface area contributed by atoms with Crippen LogP contribution in [0.15, 0.2) is 59.4 Å². The summed E-state index contributed by atoms with van der Waals surface area (Å²) in [6.07, 6.45) is 5.83. The molecule has 1 N–H and O–H groups in total. The van der Waals surface area contributed by atoms with Crippen LogP contribution in [0, 0.1) is 6.92 Å². The fourth-order valence-corrected chi connectivity index (χ4v) is 6.03. The molecule has 1 saturated carbocycles. The van der Waals surface area contributed by atoms with Gasteiger partial charge in [-0.05, 0) is 59.3 Å². The standard InChI is InChI=1S/C29H35N7O/c1-21-12-13-26-23(18-21)19-25(29(37)30-26)27(28-31-32-33-36(28)24-10-6-3-7-11-24)35-16-14-34(15-17-35)20-22-8-4-2-5-9-22/h2,4-5,8-9,12-13,18-19,24,27H,3,6-7,10-11,14-17,20H2,1H3,(H,30,37)/t27-/m0/s1. The van der Waals surface area contributed by atoms with Crippen LogP contribution in [-0.4, -0.2) is 61.2 Å². The van der Waals surface area contributed by atoms with Crippen molar-refractivity contribution in [2.75, 3.05) is 26.2 Å². The van der Waals surface area contributed by atoms with Crippen molar-refractivity contribution >= 4 is 10.9 Å². The van der Waals surface area contributed by atoms with Gasteiger partial charge in [0, 0.05) is 43.8 Å². The second-order valence-electron chi connectivity index (χ2n) is 10.6. The van der Waals surface area contributed by atoms with Gasteiger partial charge in [0.1, 0.15) is 6.04 Å². The quantitative estimate of drug-likeness (QED) is 0.429. The molecule has 1 aliphatic heterocycles. The van der Waals surface area contributed by atoms with Crippen molar-refractivity contribution in [2.24, 2.45) is 0 Å². The molecule has 0 amide bonds. The molecule has 2 aromatic heterocycles. The van der Waals surface area contributed by atoms with E-state index >= 15 is 0 Å². The predicted molar refractivity (Wildman–Crippen MR) is 144 cm³/mol. The number of nitrogens with zero attached hydrogens (tertiary/aromatic N) is 6. The molecule has 0 spiro atoms. The van der Waals surface area contributed by atoms with E-state index < -0.39 is 0 Å². The highest BCUT2D eigenvalue weighted by atomic mass is 16.1. The number of nitrogens with one attached hydrogen (secondary N) is 1. The number of aromatic nitrogens is 5. The Bertz CT molecular complexity index is 1400. The van der Waals surface area contributed by atoms with Gasteiger partial charge in [-0.15, -0.1) is 5.10 Å². The molecule has 2 aliphatic rings. The van der Waals surface area contributed by atoms with Crippen LogP contribution < -0.4 is 5.56 Å². The largest absolute Gasteiger partial charge is 0.322 e. The Morgan fingerprint density at radius 3 is 2.54 bits per heavy atom. The number of aryl methyl sites for hydroxylation is 1. The molecule has 192 valence electrons. The van der Waals surface area contributed by atoms with Crippen LogP contribution in [0.4, 0.5) is 0 Å². The lowest BCUT2D eigenvalue weighted by Gasteiger charge is -2.39. The van der Waals surface area contributed by atoms with Gasteiger partial charge in [-0.1, -0.05) is 61.2 Å². The van der Waals surface area contributed by atoms with E-state index in [1.807, 2.05) is 16.8 Å². The van der Waals surface area contributed by atoms with Crippen molar-refractivity contribution in [1.29, 1.82) is 0 Å². The van der Waals surface area contributed by atoms with Gasteiger partial charge in [0.2, 0.25) is 0 Å². The Morgan fingerprint density at radius 1 is 0.973 bits per heavy atom. The third-order valence-corrected chi connectivity index (χ3v) is 8.03. The first kappa shape index (κ1) is 24.0. The molecule has 2 fully saturated rings. The maximum Gasteiger partial charge on any atom is 0.253 e. The molecular formula is C29H35N7O. The van der Waals surface area contributed by atoms with Crippen molar-refractivity contribution in [1.82, 2.24) is 35.0 Å². The highest BCUT2D eigenvalue weighted by molar-refractivity contribution is 5.79. The summed E-state index contributed by atoms with van der Waals surface area (Å²) in [6, 6.07) is 18.8. The van der Waals surface area contributed by atoms with E-state index in [0.29, 0.717) is 6.04 Å². The fourth-order valence-electron chi connectivity index (χ4n) is 6.03. The average Bonchev–Trinajstić information content (AvgIpc) is 3.41. The lowest BCUT2D eigenvalue weighted by Crippen LogP contribution is -2.48. The minimum Gasteiger partial charge on any atom is -0.322 e. The molecule has 0 unspecified atom stereocenters. The molecule has 1 atom stereocenters. The van der Waals surface area contributed by atoms with Crippen LogP contribution in [0.1, 0.15) is 66.7 Å². The normalized spacial score (nSPS) is 18.8. The van der Waals surface area contributed by atoms with E-state index in [9.17, 15) is 4.79 Å². The van der Waals surface area contributed by atoms with Crippen molar-refractivity contribution < 1.29 is 0 Å². The molecular weight excluding hydrogens is 462 g/mol.